The molecule has 244 valence electrons. The first-order valence-electron chi connectivity index (χ1n) is 16.3. The molecule has 0 saturated heterocycles. The monoisotopic (exact) mass is 647 g/mol. The smallest absolute Gasteiger partial charge is 0.258 e. The molecule has 0 aliphatic rings. The maximum atomic E-state index is 13.4. The lowest BCUT2D eigenvalue weighted by Crippen LogP contribution is -2.16. The number of rotatable bonds is 11. The van der Waals surface area contributed by atoms with Crippen molar-refractivity contribution in [2.24, 2.45) is 7.05 Å². The molecule has 0 unspecified atom stereocenters. The molecule has 8 nitrogen and oxygen atoms in total. The van der Waals surface area contributed by atoms with Gasteiger partial charge in [-0.2, -0.15) is 0 Å². The van der Waals surface area contributed by atoms with E-state index < -0.39 is 0 Å². The number of carbonyl (C=O) groups is 1. The highest BCUT2D eigenvalue weighted by Gasteiger charge is 2.24. The quantitative estimate of drug-likeness (QED) is 0.152. The highest BCUT2D eigenvalue weighted by Crippen LogP contribution is 2.41. The van der Waals surface area contributed by atoms with Crippen LogP contribution in [0.15, 0.2) is 134 Å². The highest BCUT2D eigenvalue weighted by atomic mass is 16.5. The summed E-state index contributed by atoms with van der Waals surface area (Å²) in [6, 6.07) is 41.5. The number of hydrogen-bond donors (Lipinski definition) is 1. The maximum absolute atomic E-state index is 13.4. The van der Waals surface area contributed by atoms with Crippen LogP contribution in [0.1, 0.15) is 46.8 Å². The molecule has 8 heteroatoms. The number of nitrogens with zero attached hydrogens (tertiary/aromatic N) is 4. The van der Waals surface area contributed by atoms with Crippen molar-refractivity contribution in [3.8, 4) is 28.6 Å². The second-order valence-electron chi connectivity index (χ2n) is 12.3. The molecule has 0 spiro atoms. The summed E-state index contributed by atoms with van der Waals surface area (Å²) >= 11 is 0. The molecule has 0 radical (unpaired) electrons. The molecule has 0 atom stereocenters. The number of carbonyl (C=O) groups excluding carboxylic acids is 1. The zero-order chi connectivity index (χ0) is 33.7. The lowest BCUT2D eigenvalue weighted by Gasteiger charge is -2.20. The van der Waals surface area contributed by atoms with E-state index in [1.165, 1.54) is 0 Å². The van der Waals surface area contributed by atoms with Crippen molar-refractivity contribution in [2.45, 2.75) is 33.0 Å². The predicted octanol–water partition coefficient (Wildman–Crippen LogP) is 8.96. The second-order valence-corrected chi connectivity index (χ2v) is 12.3. The number of ether oxygens (including phenoxy) is 2. The number of anilines is 1. The Bertz CT molecular complexity index is 2210. The molecule has 0 saturated carbocycles. The Labute approximate surface area is 285 Å². The summed E-state index contributed by atoms with van der Waals surface area (Å²) in [4.78, 5) is 13.4. The minimum atomic E-state index is -0.283. The number of fused-ring (bicyclic) bond motifs is 1. The molecule has 2 aromatic heterocycles. The molecule has 1 amide bonds. The Hall–Kier alpha value is -6.15. The fourth-order valence-corrected chi connectivity index (χ4v) is 5.87. The Kier molecular flexibility index (Phi) is 8.93. The summed E-state index contributed by atoms with van der Waals surface area (Å²) < 4.78 is 17.0. The third kappa shape index (κ3) is 6.80. The van der Waals surface area contributed by atoms with Gasteiger partial charge in [0.15, 0.2) is 5.82 Å². The fourth-order valence-electron chi connectivity index (χ4n) is 5.87. The van der Waals surface area contributed by atoms with Gasteiger partial charge < -0.3 is 14.0 Å². The van der Waals surface area contributed by atoms with Gasteiger partial charge in [-0.05, 0) is 65.1 Å². The van der Waals surface area contributed by atoms with Gasteiger partial charge in [0.2, 0.25) is 5.95 Å². The molecule has 0 bridgehead atoms. The second kappa shape index (κ2) is 13.9. The molecule has 49 heavy (non-hydrogen) atoms. The summed E-state index contributed by atoms with van der Waals surface area (Å²) in [5, 5.41) is 13.3. The van der Waals surface area contributed by atoms with Gasteiger partial charge in [0.1, 0.15) is 24.7 Å². The van der Waals surface area contributed by atoms with Crippen LogP contribution in [0, 0.1) is 0 Å². The van der Waals surface area contributed by atoms with Crippen molar-refractivity contribution in [3.63, 3.8) is 0 Å². The van der Waals surface area contributed by atoms with Crippen LogP contribution < -0.4 is 14.8 Å². The van der Waals surface area contributed by atoms with Gasteiger partial charge in [-0.15, -0.1) is 10.2 Å². The number of hydrogen-bond acceptors (Lipinski definition) is 5. The minimum Gasteiger partial charge on any atom is -0.488 e. The first-order chi connectivity index (χ1) is 23.9. The fraction of sp³-hybridized carbons (Fsp3) is 0.146. The molecular formula is C41H37N5O3. The van der Waals surface area contributed by atoms with Crippen LogP contribution in [0.5, 0.6) is 11.5 Å². The number of amides is 1. The first-order valence-corrected chi connectivity index (χ1v) is 16.3. The van der Waals surface area contributed by atoms with E-state index in [-0.39, 0.29) is 11.8 Å². The SMILES string of the molecule is CC(C)c1cc(-c2nnc(NC(=O)c3ccccc3)n2-c2ccc3c(ccn3C)c2)c(OCc2ccccc2)cc1OCc1ccccc1. The van der Waals surface area contributed by atoms with Gasteiger partial charge in [0.05, 0.1) is 11.3 Å². The van der Waals surface area contributed by atoms with Crippen molar-refractivity contribution in [1.29, 1.82) is 0 Å². The van der Waals surface area contributed by atoms with Gasteiger partial charge in [-0.3, -0.25) is 14.7 Å². The summed E-state index contributed by atoms with van der Waals surface area (Å²) in [5.41, 5.74) is 6.23. The highest BCUT2D eigenvalue weighted by molar-refractivity contribution is 6.03. The summed E-state index contributed by atoms with van der Waals surface area (Å²) in [5.74, 6) is 1.99. The Morgan fingerprint density at radius 3 is 2.02 bits per heavy atom. The molecule has 5 aromatic carbocycles. The van der Waals surface area contributed by atoms with Crippen molar-refractivity contribution in [1.82, 2.24) is 19.3 Å². The summed E-state index contributed by atoms with van der Waals surface area (Å²) in [7, 11) is 2.02. The number of aromatic nitrogens is 4. The molecular weight excluding hydrogens is 610 g/mol. The van der Waals surface area contributed by atoms with E-state index in [0.29, 0.717) is 36.3 Å². The van der Waals surface area contributed by atoms with E-state index in [1.54, 1.807) is 12.1 Å². The van der Waals surface area contributed by atoms with E-state index >= 15 is 0 Å². The minimum absolute atomic E-state index is 0.127. The van der Waals surface area contributed by atoms with Crippen molar-refractivity contribution < 1.29 is 14.3 Å². The summed E-state index contributed by atoms with van der Waals surface area (Å²) in [6.07, 6.45) is 2.03. The normalized spacial score (nSPS) is 11.2. The third-order valence-electron chi connectivity index (χ3n) is 8.50. The van der Waals surface area contributed by atoms with Gasteiger partial charge in [0, 0.05) is 35.8 Å². The van der Waals surface area contributed by atoms with E-state index in [0.717, 1.165) is 44.6 Å². The lowest BCUT2D eigenvalue weighted by atomic mass is 9.98. The topological polar surface area (TPSA) is 83.2 Å². The van der Waals surface area contributed by atoms with Crippen LogP contribution in [0.3, 0.4) is 0 Å². The largest absolute Gasteiger partial charge is 0.488 e. The van der Waals surface area contributed by atoms with Crippen LogP contribution >= 0.6 is 0 Å². The lowest BCUT2D eigenvalue weighted by molar-refractivity contribution is 0.102. The molecule has 0 fully saturated rings. The van der Waals surface area contributed by atoms with Crippen LogP contribution in [0.2, 0.25) is 0 Å². The van der Waals surface area contributed by atoms with Crippen LogP contribution in [0.4, 0.5) is 5.95 Å². The Morgan fingerprint density at radius 1 is 0.735 bits per heavy atom. The van der Waals surface area contributed by atoms with Gasteiger partial charge in [0.25, 0.3) is 5.91 Å². The molecule has 0 aliphatic carbocycles. The first kappa shape index (κ1) is 31.4. The zero-order valence-electron chi connectivity index (χ0n) is 27.7. The summed E-state index contributed by atoms with van der Waals surface area (Å²) in [6.45, 7) is 5.03. The Morgan fingerprint density at radius 2 is 1.37 bits per heavy atom. The number of benzene rings is 5. The molecule has 1 N–H and O–H groups in total. The van der Waals surface area contributed by atoms with E-state index in [4.69, 9.17) is 14.6 Å². The van der Waals surface area contributed by atoms with Crippen molar-refractivity contribution in [3.05, 3.63) is 156 Å². The maximum Gasteiger partial charge on any atom is 0.258 e. The van der Waals surface area contributed by atoms with Crippen molar-refractivity contribution in [2.75, 3.05) is 5.32 Å². The van der Waals surface area contributed by atoms with Crippen LogP contribution in [0.25, 0.3) is 28.0 Å². The molecule has 7 aromatic rings. The standard InChI is InChI=1S/C41H37N5O3/c1-28(2)34-24-35(38(49-27-30-15-9-5-10-16-30)25-37(34)48-26-29-13-7-4-8-14-29)39-43-44-41(42-40(47)31-17-11-6-12-18-31)46(39)33-19-20-36-32(23-33)21-22-45(36)3/h4-25,28H,26-27H2,1-3H3,(H,42,44,47). The van der Waals surface area contributed by atoms with Crippen LogP contribution in [-0.4, -0.2) is 25.2 Å². The molecule has 0 aliphatic heterocycles. The van der Waals surface area contributed by atoms with Crippen molar-refractivity contribution >= 4 is 22.8 Å². The molecule has 2 heterocycles. The number of nitrogens with one attached hydrogen (secondary N) is 1. The third-order valence-corrected chi connectivity index (χ3v) is 8.50. The van der Waals surface area contributed by atoms with Gasteiger partial charge in [-0.1, -0.05) is 92.7 Å². The Balaban J connectivity index is 1.37. The zero-order valence-corrected chi connectivity index (χ0v) is 27.7. The number of aryl methyl sites for hydroxylation is 1. The van der Waals surface area contributed by atoms with E-state index in [9.17, 15) is 4.79 Å². The predicted molar refractivity (Wildman–Crippen MR) is 193 cm³/mol. The molecule has 7 rings (SSSR count). The average Bonchev–Trinajstić information content (AvgIpc) is 3.73. The van der Waals surface area contributed by atoms with E-state index in [2.05, 4.69) is 53.1 Å². The van der Waals surface area contributed by atoms with E-state index in [1.807, 2.05) is 109 Å². The van der Waals surface area contributed by atoms with Gasteiger partial charge >= 0.3 is 0 Å². The van der Waals surface area contributed by atoms with Crippen LogP contribution in [-0.2, 0) is 20.3 Å². The average molecular weight is 648 g/mol. The van der Waals surface area contributed by atoms with Gasteiger partial charge in [-0.25, -0.2) is 0 Å².